The van der Waals surface area contributed by atoms with Crippen molar-refractivity contribution in [2.45, 2.75) is 18.6 Å². The molecule has 0 saturated carbocycles. The minimum absolute atomic E-state index is 0.233. The lowest BCUT2D eigenvalue weighted by Crippen LogP contribution is -2.20. The van der Waals surface area contributed by atoms with Gasteiger partial charge in [0.15, 0.2) is 0 Å². The van der Waals surface area contributed by atoms with Crippen molar-refractivity contribution < 1.29 is 18.6 Å². The second-order valence-corrected chi connectivity index (χ2v) is 5.62. The van der Waals surface area contributed by atoms with Gasteiger partial charge < -0.3 is 9.84 Å². The Morgan fingerprint density at radius 2 is 1.85 bits per heavy atom. The van der Waals surface area contributed by atoms with Crippen LogP contribution in [0.25, 0.3) is 0 Å². The molecule has 2 atom stereocenters. The molecular formula is C15H11BrF2O2. The first-order valence-corrected chi connectivity index (χ1v) is 6.93. The molecule has 2 unspecified atom stereocenters. The maximum atomic E-state index is 14.0. The normalized spacial score (nSPS) is 21.2. The molecule has 1 heterocycles. The van der Waals surface area contributed by atoms with E-state index in [4.69, 9.17) is 4.74 Å². The highest BCUT2D eigenvalue weighted by molar-refractivity contribution is 9.10. The van der Waals surface area contributed by atoms with Crippen LogP contribution in [0.2, 0.25) is 0 Å². The van der Waals surface area contributed by atoms with Crippen LogP contribution in [0, 0.1) is 11.6 Å². The first-order chi connectivity index (χ1) is 9.54. The third kappa shape index (κ3) is 2.43. The van der Waals surface area contributed by atoms with Crippen LogP contribution in [0.4, 0.5) is 8.78 Å². The molecule has 3 rings (SSSR count). The summed E-state index contributed by atoms with van der Waals surface area (Å²) in [5.74, 6) is -0.611. The third-order valence-corrected chi connectivity index (χ3v) is 3.84. The standard InChI is InChI=1S/C15H11BrF2O2/c16-8-1-3-10(12(18)5-8)15-7-13(19)11-4-2-9(17)6-14(11)20-15/h1-6,13,15,19H,7H2. The van der Waals surface area contributed by atoms with E-state index in [0.717, 1.165) is 0 Å². The van der Waals surface area contributed by atoms with Crippen LogP contribution in [-0.2, 0) is 0 Å². The molecule has 0 bridgehead atoms. The van der Waals surface area contributed by atoms with E-state index in [1.807, 2.05) is 0 Å². The molecule has 0 radical (unpaired) electrons. The fourth-order valence-corrected chi connectivity index (χ4v) is 2.70. The lowest BCUT2D eigenvalue weighted by Gasteiger charge is -2.30. The minimum Gasteiger partial charge on any atom is -0.485 e. The number of ether oxygens (including phenoxy) is 1. The molecule has 2 aromatic rings. The molecule has 0 aromatic heterocycles. The summed E-state index contributed by atoms with van der Waals surface area (Å²) in [4.78, 5) is 0. The highest BCUT2D eigenvalue weighted by Gasteiger charge is 2.29. The Labute approximate surface area is 123 Å². The zero-order valence-electron chi connectivity index (χ0n) is 10.3. The molecule has 2 nitrogen and oxygen atoms in total. The quantitative estimate of drug-likeness (QED) is 0.839. The fourth-order valence-electron chi connectivity index (χ4n) is 2.37. The first kappa shape index (κ1) is 13.5. The van der Waals surface area contributed by atoms with E-state index in [2.05, 4.69) is 15.9 Å². The highest BCUT2D eigenvalue weighted by atomic mass is 79.9. The number of hydrogen-bond acceptors (Lipinski definition) is 2. The molecule has 1 N–H and O–H groups in total. The van der Waals surface area contributed by atoms with Crippen molar-refractivity contribution in [2.75, 3.05) is 0 Å². The van der Waals surface area contributed by atoms with E-state index >= 15 is 0 Å². The van der Waals surface area contributed by atoms with E-state index in [9.17, 15) is 13.9 Å². The Balaban J connectivity index is 1.98. The van der Waals surface area contributed by atoms with Crippen molar-refractivity contribution in [3.8, 4) is 5.75 Å². The van der Waals surface area contributed by atoms with Crippen molar-refractivity contribution in [1.82, 2.24) is 0 Å². The molecule has 0 spiro atoms. The van der Waals surface area contributed by atoms with Crippen LogP contribution in [0.1, 0.15) is 29.8 Å². The van der Waals surface area contributed by atoms with Crippen LogP contribution in [0.3, 0.4) is 0 Å². The van der Waals surface area contributed by atoms with E-state index in [1.165, 1.54) is 24.3 Å². The molecule has 0 fully saturated rings. The number of aliphatic hydroxyl groups is 1. The van der Waals surface area contributed by atoms with Crippen molar-refractivity contribution in [3.63, 3.8) is 0 Å². The van der Waals surface area contributed by atoms with Gasteiger partial charge >= 0.3 is 0 Å². The molecule has 0 amide bonds. The largest absolute Gasteiger partial charge is 0.485 e. The van der Waals surface area contributed by atoms with Gasteiger partial charge in [-0.05, 0) is 24.3 Å². The summed E-state index contributed by atoms with van der Waals surface area (Å²) in [7, 11) is 0. The number of halogens is 3. The molecule has 1 aliphatic heterocycles. The molecule has 104 valence electrons. The summed E-state index contributed by atoms with van der Waals surface area (Å²) < 4.78 is 33.5. The Morgan fingerprint density at radius 1 is 1.10 bits per heavy atom. The van der Waals surface area contributed by atoms with E-state index in [1.54, 1.807) is 12.1 Å². The van der Waals surface area contributed by atoms with Gasteiger partial charge in [0.1, 0.15) is 23.5 Å². The lowest BCUT2D eigenvalue weighted by atomic mass is 9.95. The predicted octanol–water partition coefficient (Wildman–Crippen LogP) is 4.28. The summed E-state index contributed by atoms with van der Waals surface area (Å²) in [6.07, 6.45) is -1.20. The Hall–Kier alpha value is -1.46. The summed E-state index contributed by atoms with van der Waals surface area (Å²) in [5.41, 5.74) is 0.877. The van der Waals surface area contributed by atoms with Crippen LogP contribution in [0.15, 0.2) is 40.9 Å². The second-order valence-electron chi connectivity index (χ2n) is 4.71. The molecule has 20 heavy (non-hydrogen) atoms. The number of benzene rings is 2. The average Bonchev–Trinajstić information content (AvgIpc) is 2.37. The number of rotatable bonds is 1. The van der Waals surface area contributed by atoms with Crippen LogP contribution >= 0.6 is 15.9 Å². The third-order valence-electron chi connectivity index (χ3n) is 3.35. The molecule has 2 aromatic carbocycles. The van der Waals surface area contributed by atoms with Crippen LogP contribution in [0.5, 0.6) is 5.75 Å². The van der Waals surface area contributed by atoms with E-state index in [0.29, 0.717) is 15.6 Å². The molecule has 0 saturated heterocycles. The van der Waals surface area contributed by atoms with Gasteiger partial charge in [0.25, 0.3) is 0 Å². The maximum absolute atomic E-state index is 14.0. The van der Waals surface area contributed by atoms with Crippen LogP contribution < -0.4 is 4.74 Å². The average molecular weight is 341 g/mol. The maximum Gasteiger partial charge on any atom is 0.131 e. The minimum atomic E-state index is -0.799. The van der Waals surface area contributed by atoms with Crippen molar-refractivity contribution in [3.05, 3.63) is 63.6 Å². The monoisotopic (exact) mass is 340 g/mol. The van der Waals surface area contributed by atoms with Gasteiger partial charge in [0.05, 0.1) is 6.10 Å². The van der Waals surface area contributed by atoms with E-state index in [-0.39, 0.29) is 12.2 Å². The summed E-state index contributed by atoms with van der Waals surface area (Å²) in [5, 5.41) is 10.1. The SMILES string of the molecule is OC1CC(c2ccc(Br)cc2F)Oc2cc(F)ccc21. The predicted molar refractivity (Wildman–Crippen MR) is 73.4 cm³/mol. The van der Waals surface area contributed by atoms with Gasteiger partial charge in [-0.15, -0.1) is 0 Å². The number of aliphatic hydroxyl groups excluding tert-OH is 1. The topological polar surface area (TPSA) is 29.5 Å². The zero-order chi connectivity index (χ0) is 14.3. The van der Waals surface area contributed by atoms with Crippen LogP contribution in [-0.4, -0.2) is 5.11 Å². The Kier molecular flexibility index (Phi) is 3.48. The Bertz CT molecular complexity index is 660. The summed E-state index contributed by atoms with van der Waals surface area (Å²) in [6.45, 7) is 0. The van der Waals surface area contributed by atoms with Gasteiger partial charge in [0.2, 0.25) is 0 Å². The Morgan fingerprint density at radius 3 is 2.60 bits per heavy atom. The smallest absolute Gasteiger partial charge is 0.131 e. The summed E-state index contributed by atoms with van der Waals surface area (Å²) >= 11 is 3.19. The molecule has 5 heteroatoms. The number of fused-ring (bicyclic) bond motifs is 1. The van der Waals surface area contributed by atoms with Gasteiger partial charge in [0, 0.05) is 28.1 Å². The molecule has 0 aliphatic carbocycles. The van der Waals surface area contributed by atoms with Gasteiger partial charge in [-0.3, -0.25) is 0 Å². The fraction of sp³-hybridized carbons (Fsp3) is 0.200. The van der Waals surface area contributed by atoms with Crippen molar-refractivity contribution in [2.24, 2.45) is 0 Å². The lowest BCUT2D eigenvalue weighted by molar-refractivity contribution is 0.0636. The second kappa shape index (κ2) is 5.14. The number of hydrogen-bond donors (Lipinski definition) is 1. The zero-order valence-corrected chi connectivity index (χ0v) is 11.9. The van der Waals surface area contributed by atoms with Gasteiger partial charge in [-0.2, -0.15) is 0 Å². The highest BCUT2D eigenvalue weighted by Crippen LogP contribution is 2.41. The van der Waals surface area contributed by atoms with Crippen molar-refractivity contribution >= 4 is 15.9 Å². The molecule has 1 aliphatic rings. The van der Waals surface area contributed by atoms with E-state index < -0.39 is 23.8 Å². The van der Waals surface area contributed by atoms with Gasteiger partial charge in [-0.1, -0.05) is 22.0 Å². The van der Waals surface area contributed by atoms with Gasteiger partial charge in [-0.25, -0.2) is 8.78 Å². The summed E-state index contributed by atoms with van der Waals surface area (Å²) in [6, 6.07) is 8.61. The van der Waals surface area contributed by atoms with Crippen molar-refractivity contribution in [1.29, 1.82) is 0 Å². The first-order valence-electron chi connectivity index (χ1n) is 6.13. The molecular weight excluding hydrogens is 330 g/mol.